The van der Waals surface area contributed by atoms with Gasteiger partial charge in [-0.25, -0.2) is 5.10 Å². The van der Waals surface area contributed by atoms with E-state index in [1.165, 1.54) is 10.4 Å². The smallest absolute Gasteiger partial charge is 0.280 e. The van der Waals surface area contributed by atoms with Gasteiger partial charge >= 0.3 is 0 Å². The number of anilines is 1. The molecule has 0 aliphatic rings. The van der Waals surface area contributed by atoms with Crippen molar-refractivity contribution < 1.29 is 0 Å². The lowest BCUT2D eigenvalue weighted by molar-refractivity contribution is 0.972. The normalized spacial score (nSPS) is 10.4. The molecule has 0 unspecified atom stereocenters. The molecule has 0 aliphatic heterocycles. The van der Waals surface area contributed by atoms with Gasteiger partial charge in [0.05, 0.1) is 11.9 Å². The highest BCUT2D eigenvalue weighted by Crippen LogP contribution is 2.20. The first-order valence-corrected chi connectivity index (χ1v) is 6.36. The third-order valence-corrected chi connectivity index (χ3v) is 4.01. The topological polar surface area (TPSA) is 57.8 Å². The third kappa shape index (κ3) is 2.33. The molecule has 2 aromatic heterocycles. The van der Waals surface area contributed by atoms with Crippen LogP contribution < -0.4 is 10.9 Å². The van der Waals surface area contributed by atoms with Gasteiger partial charge in [-0.1, -0.05) is 0 Å². The van der Waals surface area contributed by atoms with Gasteiger partial charge < -0.3 is 5.32 Å². The Morgan fingerprint density at radius 3 is 3.12 bits per heavy atom. The summed E-state index contributed by atoms with van der Waals surface area (Å²) >= 11 is 4.91. The van der Waals surface area contributed by atoms with Gasteiger partial charge in [-0.15, -0.1) is 11.3 Å². The van der Waals surface area contributed by atoms with Gasteiger partial charge in [0.25, 0.3) is 5.56 Å². The Morgan fingerprint density at radius 1 is 1.62 bits per heavy atom. The molecule has 0 spiro atoms. The lowest BCUT2D eigenvalue weighted by Crippen LogP contribution is -2.12. The number of aryl methyl sites for hydroxylation is 1. The maximum absolute atomic E-state index is 11.3. The third-order valence-electron chi connectivity index (χ3n) is 2.20. The first-order chi connectivity index (χ1) is 7.68. The number of thiophene rings is 1. The fourth-order valence-electron chi connectivity index (χ4n) is 1.27. The molecule has 0 bridgehead atoms. The largest absolute Gasteiger partial charge is 0.378 e. The molecule has 2 aromatic rings. The summed E-state index contributed by atoms with van der Waals surface area (Å²) in [4.78, 5) is 12.5. The van der Waals surface area contributed by atoms with Crippen LogP contribution in [0.2, 0.25) is 0 Å². The van der Waals surface area contributed by atoms with Gasteiger partial charge in [-0.3, -0.25) is 4.79 Å². The van der Waals surface area contributed by atoms with Crippen molar-refractivity contribution in [3.05, 3.63) is 42.9 Å². The predicted molar refractivity (Wildman–Crippen MR) is 68.9 cm³/mol. The molecular formula is C10H10BrN3OS. The average Bonchev–Trinajstić information content (AvgIpc) is 2.67. The summed E-state index contributed by atoms with van der Waals surface area (Å²) in [6, 6.07) is 2.08. The molecule has 0 atom stereocenters. The standard InChI is InChI=1S/C10H10BrN3OS/c1-6-2-3-16-8(6)5-12-7-4-13-14-10(15)9(7)11/h2-4H,5H2,1H3,(H2,12,14,15). The Balaban J connectivity index is 2.14. The molecule has 0 saturated carbocycles. The minimum Gasteiger partial charge on any atom is -0.378 e. The fraction of sp³-hybridized carbons (Fsp3) is 0.200. The summed E-state index contributed by atoms with van der Waals surface area (Å²) < 4.78 is 0.483. The molecule has 0 aromatic carbocycles. The van der Waals surface area contributed by atoms with Crippen LogP contribution in [0.3, 0.4) is 0 Å². The van der Waals surface area contributed by atoms with Crippen molar-refractivity contribution in [2.45, 2.75) is 13.5 Å². The van der Waals surface area contributed by atoms with E-state index in [2.05, 4.69) is 49.8 Å². The van der Waals surface area contributed by atoms with Gasteiger partial charge in [0, 0.05) is 11.4 Å². The highest BCUT2D eigenvalue weighted by molar-refractivity contribution is 9.10. The lowest BCUT2D eigenvalue weighted by atomic mass is 10.3. The first-order valence-electron chi connectivity index (χ1n) is 4.68. The first kappa shape index (κ1) is 11.3. The van der Waals surface area contributed by atoms with E-state index in [0.29, 0.717) is 16.7 Å². The molecule has 4 nitrogen and oxygen atoms in total. The second-order valence-electron chi connectivity index (χ2n) is 3.31. The van der Waals surface area contributed by atoms with E-state index in [1.807, 2.05) is 0 Å². The zero-order valence-electron chi connectivity index (χ0n) is 8.58. The van der Waals surface area contributed by atoms with Crippen LogP contribution in [0.1, 0.15) is 10.4 Å². The van der Waals surface area contributed by atoms with Gasteiger partial charge in [-0.2, -0.15) is 5.10 Å². The number of halogens is 1. The molecule has 0 amide bonds. The van der Waals surface area contributed by atoms with Crippen LogP contribution in [-0.2, 0) is 6.54 Å². The van der Waals surface area contributed by atoms with Crippen LogP contribution in [-0.4, -0.2) is 10.2 Å². The molecule has 84 valence electrons. The molecule has 2 N–H and O–H groups in total. The molecule has 6 heteroatoms. The number of H-pyrrole nitrogens is 1. The van der Waals surface area contributed by atoms with Gasteiger partial charge in [0.2, 0.25) is 0 Å². The highest BCUT2D eigenvalue weighted by atomic mass is 79.9. The molecule has 2 heterocycles. The summed E-state index contributed by atoms with van der Waals surface area (Å²) in [6.07, 6.45) is 1.59. The van der Waals surface area contributed by atoms with E-state index >= 15 is 0 Å². The van der Waals surface area contributed by atoms with Gasteiger partial charge in [-0.05, 0) is 39.9 Å². The SMILES string of the molecule is Cc1ccsc1CNc1cn[nH]c(=O)c1Br. The Bertz CT molecular complexity index is 549. The quantitative estimate of drug-likeness (QED) is 0.915. The second kappa shape index (κ2) is 4.80. The van der Waals surface area contributed by atoms with E-state index in [4.69, 9.17) is 0 Å². The number of nitrogens with one attached hydrogen (secondary N) is 2. The Hall–Kier alpha value is -1.14. The van der Waals surface area contributed by atoms with Gasteiger partial charge in [0.1, 0.15) is 4.47 Å². The lowest BCUT2D eigenvalue weighted by Gasteiger charge is -2.06. The zero-order chi connectivity index (χ0) is 11.5. The summed E-state index contributed by atoms with van der Waals surface area (Å²) in [6.45, 7) is 2.77. The molecule has 2 rings (SSSR count). The minimum atomic E-state index is -0.229. The predicted octanol–water partition coefficient (Wildman–Crippen LogP) is 2.51. The summed E-state index contributed by atoms with van der Waals surface area (Å²) in [5, 5.41) is 11.3. The van der Waals surface area contributed by atoms with Crippen molar-refractivity contribution in [1.29, 1.82) is 0 Å². The average molecular weight is 300 g/mol. The Kier molecular flexibility index (Phi) is 3.40. The molecule has 0 radical (unpaired) electrons. The van der Waals surface area contributed by atoms with Crippen molar-refractivity contribution >= 4 is 33.0 Å². The van der Waals surface area contributed by atoms with E-state index < -0.39 is 0 Å². The van der Waals surface area contributed by atoms with Crippen molar-refractivity contribution in [3.63, 3.8) is 0 Å². The molecular weight excluding hydrogens is 290 g/mol. The number of rotatable bonds is 3. The van der Waals surface area contributed by atoms with Crippen LogP contribution in [0.5, 0.6) is 0 Å². The second-order valence-corrected chi connectivity index (χ2v) is 5.10. The number of hydrogen-bond acceptors (Lipinski definition) is 4. The zero-order valence-corrected chi connectivity index (χ0v) is 11.0. The van der Waals surface area contributed by atoms with E-state index in [9.17, 15) is 4.79 Å². The van der Waals surface area contributed by atoms with Crippen molar-refractivity contribution in [2.75, 3.05) is 5.32 Å². The summed E-state index contributed by atoms with van der Waals surface area (Å²) in [5.74, 6) is 0. The van der Waals surface area contributed by atoms with Crippen LogP contribution >= 0.6 is 27.3 Å². The van der Waals surface area contributed by atoms with Crippen LogP contribution in [0.15, 0.2) is 26.9 Å². The van der Waals surface area contributed by atoms with E-state index in [0.717, 1.165) is 0 Å². The fourth-order valence-corrected chi connectivity index (χ4v) is 2.44. The number of aromatic nitrogens is 2. The monoisotopic (exact) mass is 299 g/mol. The maximum Gasteiger partial charge on any atom is 0.280 e. The van der Waals surface area contributed by atoms with Crippen molar-refractivity contribution in [1.82, 2.24) is 10.2 Å². The summed E-state index contributed by atoms with van der Waals surface area (Å²) in [5.41, 5.74) is 1.73. The molecule has 0 fully saturated rings. The number of nitrogens with zero attached hydrogens (tertiary/aromatic N) is 1. The van der Waals surface area contributed by atoms with Crippen molar-refractivity contribution in [3.8, 4) is 0 Å². The molecule has 0 aliphatic carbocycles. The Morgan fingerprint density at radius 2 is 2.44 bits per heavy atom. The highest BCUT2D eigenvalue weighted by Gasteiger charge is 2.05. The van der Waals surface area contributed by atoms with E-state index in [1.54, 1.807) is 17.5 Å². The summed E-state index contributed by atoms with van der Waals surface area (Å²) in [7, 11) is 0. The molecule has 16 heavy (non-hydrogen) atoms. The minimum absolute atomic E-state index is 0.229. The van der Waals surface area contributed by atoms with Crippen LogP contribution in [0, 0.1) is 6.92 Å². The van der Waals surface area contributed by atoms with E-state index in [-0.39, 0.29) is 5.56 Å². The van der Waals surface area contributed by atoms with Crippen molar-refractivity contribution in [2.24, 2.45) is 0 Å². The van der Waals surface area contributed by atoms with Crippen LogP contribution in [0.25, 0.3) is 0 Å². The van der Waals surface area contributed by atoms with Crippen LogP contribution in [0.4, 0.5) is 5.69 Å². The number of hydrogen-bond donors (Lipinski definition) is 2. The number of aromatic amines is 1. The maximum atomic E-state index is 11.3. The Labute approximate surface area is 105 Å². The van der Waals surface area contributed by atoms with Gasteiger partial charge in [0.15, 0.2) is 0 Å². The molecule has 0 saturated heterocycles.